The molecule has 1 aliphatic rings. The Balaban J connectivity index is 1.48. The summed E-state index contributed by atoms with van der Waals surface area (Å²) < 4.78 is 40.9. The van der Waals surface area contributed by atoms with Crippen molar-refractivity contribution in [2.45, 2.75) is 75.0 Å². The second-order valence-electron chi connectivity index (χ2n) is 11.1. The summed E-state index contributed by atoms with van der Waals surface area (Å²) in [6, 6.07) is 11.1. The van der Waals surface area contributed by atoms with E-state index in [1.165, 1.54) is 18.2 Å². The van der Waals surface area contributed by atoms with E-state index in [0.717, 1.165) is 38.2 Å². The fourth-order valence-electron chi connectivity index (χ4n) is 5.53. The molecule has 0 aliphatic carbocycles. The van der Waals surface area contributed by atoms with Gasteiger partial charge in [0.25, 0.3) is 16.0 Å². The van der Waals surface area contributed by atoms with Crippen molar-refractivity contribution in [2.75, 3.05) is 18.4 Å². The molecule has 1 fully saturated rings. The Morgan fingerprint density at radius 3 is 2.47 bits per heavy atom. The van der Waals surface area contributed by atoms with Crippen molar-refractivity contribution in [2.24, 2.45) is 0 Å². The van der Waals surface area contributed by atoms with E-state index in [4.69, 9.17) is 9.84 Å². The molecule has 2 aromatic carbocycles. The van der Waals surface area contributed by atoms with Gasteiger partial charge in [-0.3, -0.25) is 23.8 Å². The van der Waals surface area contributed by atoms with Crippen molar-refractivity contribution in [1.82, 2.24) is 14.5 Å². The van der Waals surface area contributed by atoms with E-state index >= 15 is 0 Å². The van der Waals surface area contributed by atoms with E-state index in [2.05, 4.69) is 17.2 Å². The van der Waals surface area contributed by atoms with Crippen molar-refractivity contribution in [3.05, 3.63) is 72.2 Å². The summed E-state index contributed by atoms with van der Waals surface area (Å²) in [5, 5.41) is 21.6. The highest BCUT2D eigenvalue weighted by Crippen LogP contribution is 2.28. The molecule has 2 unspecified atom stereocenters. The first-order chi connectivity index (χ1) is 21.4. The number of carboxylic acid groups (broad SMARTS) is 2. The summed E-state index contributed by atoms with van der Waals surface area (Å²) in [6.45, 7) is 2.86. The molecule has 242 valence electrons. The number of hydrogen-bond donors (Lipinski definition) is 4. The number of benzene rings is 2. The Bertz CT molecular complexity index is 1590. The number of likely N-dealkylation sites (tertiary alicyclic amines) is 1. The summed E-state index contributed by atoms with van der Waals surface area (Å²) in [5.41, 5.74) is 0.408. The van der Waals surface area contributed by atoms with Crippen LogP contribution in [0.1, 0.15) is 67.4 Å². The largest absolute Gasteiger partial charge is 0.489 e. The number of carbonyl (C=O) groups is 3. The molecule has 1 amide bonds. The van der Waals surface area contributed by atoms with Crippen molar-refractivity contribution >= 4 is 33.8 Å². The zero-order valence-corrected chi connectivity index (χ0v) is 25.7. The first kappa shape index (κ1) is 33.6. The zero-order valence-electron chi connectivity index (χ0n) is 24.9. The first-order valence-electron chi connectivity index (χ1n) is 14.8. The topological polar surface area (TPSA) is 188 Å². The summed E-state index contributed by atoms with van der Waals surface area (Å²) in [5.74, 6) is -1.94. The molecule has 4 rings (SSSR count). The minimum absolute atomic E-state index is 0.101. The summed E-state index contributed by atoms with van der Waals surface area (Å²) in [7, 11) is -4.62. The van der Waals surface area contributed by atoms with Gasteiger partial charge < -0.3 is 24.8 Å². The van der Waals surface area contributed by atoms with Crippen LogP contribution in [-0.2, 0) is 26.1 Å². The van der Waals surface area contributed by atoms with Crippen LogP contribution in [0.5, 0.6) is 5.75 Å². The molecule has 0 radical (unpaired) electrons. The predicted molar refractivity (Wildman–Crippen MR) is 164 cm³/mol. The maximum Gasteiger partial charge on any atom is 0.321 e. The minimum Gasteiger partial charge on any atom is -0.489 e. The Labute approximate surface area is 261 Å². The molecule has 13 nitrogen and oxygen atoms in total. The number of aliphatic carboxylic acids is 2. The quantitative estimate of drug-likeness (QED) is 0.130. The number of anilines is 1. The smallest absolute Gasteiger partial charge is 0.321 e. The van der Waals surface area contributed by atoms with E-state index < -0.39 is 45.0 Å². The van der Waals surface area contributed by atoms with Gasteiger partial charge in [-0.2, -0.15) is 8.42 Å². The molecule has 45 heavy (non-hydrogen) atoms. The van der Waals surface area contributed by atoms with Gasteiger partial charge in [-0.25, -0.2) is 4.98 Å². The Hall–Kier alpha value is -4.27. The third kappa shape index (κ3) is 9.36. The van der Waals surface area contributed by atoms with E-state index in [1.807, 2.05) is 9.47 Å². The van der Waals surface area contributed by atoms with Crippen LogP contribution < -0.4 is 10.1 Å². The fraction of sp³-hybridized carbons (Fsp3) is 0.419. The third-order valence-electron chi connectivity index (χ3n) is 7.74. The lowest BCUT2D eigenvalue weighted by Gasteiger charge is -2.27. The second-order valence-corrected chi connectivity index (χ2v) is 12.5. The van der Waals surface area contributed by atoms with Gasteiger partial charge in [0, 0.05) is 31.7 Å². The van der Waals surface area contributed by atoms with E-state index in [1.54, 1.807) is 36.8 Å². The number of aromatic nitrogens is 2. The highest BCUT2D eigenvalue weighted by molar-refractivity contribution is 7.86. The SMILES string of the molecule is CCCCCCC(CN1CC(Oc2ccc(CC(=O)O)cc2)C[C@H]1C(=O)O)n1cnc(NC(=O)c2ccccc2S(=O)(=O)O)c1. The number of carboxylic acids is 2. The fourth-order valence-corrected chi connectivity index (χ4v) is 6.22. The first-order valence-corrected chi connectivity index (χ1v) is 16.2. The van der Waals surface area contributed by atoms with Gasteiger partial charge in [0.05, 0.1) is 18.3 Å². The van der Waals surface area contributed by atoms with Crippen LogP contribution in [0.4, 0.5) is 5.82 Å². The molecule has 2 heterocycles. The van der Waals surface area contributed by atoms with Crippen LogP contribution in [0, 0.1) is 0 Å². The zero-order chi connectivity index (χ0) is 32.6. The molecule has 1 saturated heterocycles. The number of carbonyl (C=O) groups excluding carboxylic acids is 1. The van der Waals surface area contributed by atoms with Crippen molar-refractivity contribution in [1.29, 1.82) is 0 Å². The normalized spacial score (nSPS) is 17.6. The molecule has 0 bridgehead atoms. The molecular weight excluding hydrogens is 604 g/mol. The number of nitrogens with zero attached hydrogens (tertiary/aromatic N) is 3. The Kier molecular flexibility index (Phi) is 11.3. The van der Waals surface area contributed by atoms with Crippen LogP contribution in [0.2, 0.25) is 0 Å². The lowest BCUT2D eigenvalue weighted by Crippen LogP contribution is -2.39. The van der Waals surface area contributed by atoms with Gasteiger partial charge in [0.2, 0.25) is 0 Å². The number of unbranched alkanes of at least 4 members (excludes halogenated alkanes) is 3. The summed E-state index contributed by atoms with van der Waals surface area (Å²) >= 11 is 0. The monoisotopic (exact) mass is 642 g/mol. The van der Waals surface area contributed by atoms with Gasteiger partial charge in [0.15, 0.2) is 5.82 Å². The van der Waals surface area contributed by atoms with Crippen LogP contribution in [0.3, 0.4) is 0 Å². The number of hydrogen-bond acceptors (Lipinski definition) is 8. The average Bonchev–Trinajstić information content (AvgIpc) is 3.62. The highest BCUT2D eigenvalue weighted by Gasteiger charge is 2.39. The molecule has 4 N–H and O–H groups in total. The van der Waals surface area contributed by atoms with Gasteiger partial charge in [0.1, 0.15) is 22.8 Å². The van der Waals surface area contributed by atoms with E-state index in [-0.39, 0.29) is 30.3 Å². The molecule has 1 aromatic heterocycles. The van der Waals surface area contributed by atoms with E-state index in [0.29, 0.717) is 24.4 Å². The average molecular weight is 643 g/mol. The van der Waals surface area contributed by atoms with Crippen LogP contribution in [0.25, 0.3) is 0 Å². The van der Waals surface area contributed by atoms with Crippen molar-refractivity contribution in [3.8, 4) is 5.75 Å². The molecule has 0 spiro atoms. The van der Waals surface area contributed by atoms with Crippen molar-refractivity contribution < 1.29 is 42.3 Å². The standard InChI is InChI=1S/C31H38N4O9S/c1-2-3-4-5-8-22(35-19-28(32-20-35)33-30(38)25-9-6-7-10-27(25)45(41,42)43)17-34-18-24(16-26(34)31(39)40)44-23-13-11-21(12-14-23)15-29(36)37/h6-7,9-14,19-20,22,24,26H,2-5,8,15-18H2,1H3,(H,33,38)(H,36,37)(H,39,40)(H,41,42,43)/t22?,24?,26-/m0/s1. The third-order valence-corrected chi connectivity index (χ3v) is 8.65. The Morgan fingerprint density at radius 2 is 1.80 bits per heavy atom. The summed E-state index contributed by atoms with van der Waals surface area (Å²) in [6.07, 6.45) is 7.70. The molecule has 3 atom stereocenters. The number of rotatable bonds is 16. The summed E-state index contributed by atoms with van der Waals surface area (Å²) in [4.78, 5) is 41.8. The molecule has 0 saturated carbocycles. The number of ether oxygens (including phenoxy) is 1. The Morgan fingerprint density at radius 1 is 1.07 bits per heavy atom. The van der Waals surface area contributed by atoms with Crippen molar-refractivity contribution in [3.63, 3.8) is 0 Å². The maximum atomic E-state index is 12.9. The van der Waals surface area contributed by atoms with Gasteiger partial charge in [-0.15, -0.1) is 0 Å². The maximum absolute atomic E-state index is 12.9. The van der Waals surface area contributed by atoms with Gasteiger partial charge >= 0.3 is 11.9 Å². The molecule has 14 heteroatoms. The van der Waals surface area contributed by atoms with E-state index in [9.17, 15) is 32.5 Å². The van der Waals surface area contributed by atoms with Crippen LogP contribution >= 0.6 is 0 Å². The van der Waals surface area contributed by atoms with Crippen LogP contribution in [-0.4, -0.2) is 80.7 Å². The molecule has 3 aromatic rings. The minimum atomic E-state index is -4.62. The number of amides is 1. The van der Waals surface area contributed by atoms with Gasteiger partial charge in [-0.1, -0.05) is 56.9 Å². The molecular formula is C31H38N4O9S. The number of nitrogens with one attached hydrogen (secondary N) is 1. The lowest BCUT2D eigenvalue weighted by molar-refractivity contribution is -0.142. The second kappa shape index (κ2) is 15.1. The van der Waals surface area contributed by atoms with Crippen LogP contribution in [0.15, 0.2) is 66.0 Å². The van der Waals surface area contributed by atoms with Gasteiger partial charge in [-0.05, 0) is 36.2 Å². The predicted octanol–water partition coefficient (Wildman–Crippen LogP) is 4.13. The number of imidazole rings is 1. The molecule has 1 aliphatic heterocycles. The lowest BCUT2D eigenvalue weighted by atomic mass is 10.1. The highest BCUT2D eigenvalue weighted by atomic mass is 32.2.